The van der Waals surface area contributed by atoms with Crippen molar-refractivity contribution in [3.05, 3.63) is 42.0 Å². The Morgan fingerprint density at radius 1 is 1.02 bits per heavy atom. The van der Waals surface area contributed by atoms with Crippen LogP contribution in [-0.2, 0) is 47.6 Å². The third-order valence-corrected chi connectivity index (χ3v) is 12.3. The SMILES string of the molecule is CC[C@H]1OC(=O)[C@H](C)C(=O)[C@H](C)[C@@H](O[C@@H]2O[C@H](C)C[C@H](N(C)C)[C@H]2O)[C@@]2(C)C[C@@H](C)C3=NC(=O)C(COC/C=C/c4ccccc4)O/N=C(/CO[C@H]([C@H]3C)[C@]1(C)O)CO2. The first kappa shape index (κ1) is 46.7. The van der Waals surface area contributed by atoms with E-state index < -0.39 is 89.3 Å². The Hall–Kier alpha value is -3.41. The number of esters is 1. The number of cyclic esters (lactones) is 1. The normalized spacial score (nSPS) is 40.1. The number of oxime groups is 1. The van der Waals surface area contributed by atoms with Crippen molar-refractivity contribution in [2.75, 3.05) is 40.5 Å². The third-order valence-electron chi connectivity index (χ3n) is 12.3. The number of benzene rings is 1. The van der Waals surface area contributed by atoms with Crippen LogP contribution < -0.4 is 0 Å². The van der Waals surface area contributed by atoms with Gasteiger partial charge in [-0.15, -0.1) is 0 Å². The van der Waals surface area contributed by atoms with Crippen LogP contribution in [0.2, 0.25) is 0 Å². The summed E-state index contributed by atoms with van der Waals surface area (Å²) in [5, 5.41) is 28.4. The number of Topliss-reactive ketones (excluding diaryl/α,β-unsaturated/α-hetero) is 1. The largest absolute Gasteiger partial charge is 0.459 e. The summed E-state index contributed by atoms with van der Waals surface area (Å²) in [5.41, 5.74) is -1.62. The second-order valence-corrected chi connectivity index (χ2v) is 17.3. The fraction of sp³-hybridized carbons (Fsp3) is 0.705. The van der Waals surface area contributed by atoms with Gasteiger partial charge >= 0.3 is 5.97 Å². The Morgan fingerprint density at radius 3 is 2.41 bits per heavy atom. The number of ketones is 1. The Labute approximate surface area is 348 Å². The van der Waals surface area contributed by atoms with Crippen LogP contribution in [0.25, 0.3) is 6.08 Å². The van der Waals surface area contributed by atoms with Gasteiger partial charge < -0.3 is 48.4 Å². The smallest absolute Gasteiger partial charge is 0.316 e. The van der Waals surface area contributed by atoms with Crippen molar-refractivity contribution in [1.29, 1.82) is 0 Å². The molecule has 0 radical (unpaired) electrons. The second kappa shape index (κ2) is 20.0. The van der Waals surface area contributed by atoms with Crippen LogP contribution in [-0.4, -0.2) is 145 Å². The number of fused-ring (bicyclic) bond motifs is 4. The fourth-order valence-corrected chi connectivity index (χ4v) is 8.90. The van der Waals surface area contributed by atoms with E-state index in [1.165, 1.54) is 13.8 Å². The fourth-order valence-electron chi connectivity index (χ4n) is 8.90. The molecule has 4 aliphatic rings. The molecule has 0 saturated carbocycles. The number of nitrogens with zero attached hydrogens (tertiary/aromatic N) is 3. The van der Waals surface area contributed by atoms with Crippen molar-refractivity contribution in [1.82, 2.24) is 4.90 Å². The Bertz CT molecular complexity index is 1700. The van der Waals surface area contributed by atoms with Gasteiger partial charge in [-0.2, -0.15) is 0 Å². The first-order valence-electron chi connectivity index (χ1n) is 20.9. The lowest BCUT2D eigenvalue weighted by atomic mass is 9.73. The Balaban J connectivity index is 1.61. The van der Waals surface area contributed by atoms with Crippen LogP contribution in [0.3, 0.4) is 0 Å². The van der Waals surface area contributed by atoms with Crippen LogP contribution in [0, 0.1) is 23.7 Å². The standard InChI is InChI=1S/C44H65N3O12/c1-11-34-44(8,52)39-27(4)35-25(2)21-43(7,38(28(5)36(48)29(6)41(51)57-34)58-42-37(49)32(47(9)10)20-26(3)56-42)55-23-31(22-54-39)46-59-33(40(50)45-35)24-53-19-15-18-30-16-13-12-14-17-30/h12-18,25-29,32-34,37-39,42,49,52H,11,19-24H2,1-10H3/b18-15+,45-35?,46-31-/t25-,26-,27+,28+,29-,32+,33?,34-,37-,38-,39-,42+,43-,44-/m1/s1. The minimum absolute atomic E-state index is 0.145. The summed E-state index contributed by atoms with van der Waals surface area (Å²) in [5.74, 6) is -5.53. The summed E-state index contributed by atoms with van der Waals surface area (Å²) < 4.78 is 38.2. The number of carbonyl (C=O) groups is 3. The van der Waals surface area contributed by atoms with Gasteiger partial charge in [-0.3, -0.25) is 14.4 Å². The second-order valence-electron chi connectivity index (χ2n) is 17.3. The van der Waals surface area contributed by atoms with Crippen molar-refractivity contribution < 1.29 is 57.9 Å². The molecule has 15 heteroatoms. The number of amides is 1. The first-order chi connectivity index (χ1) is 27.9. The van der Waals surface area contributed by atoms with Gasteiger partial charge in [-0.1, -0.05) is 75.3 Å². The minimum atomic E-state index is -1.84. The van der Waals surface area contributed by atoms with Crippen molar-refractivity contribution in [2.45, 2.75) is 135 Å². The highest BCUT2D eigenvalue weighted by atomic mass is 16.7. The summed E-state index contributed by atoms with van der Waals surface area (Å²) in [4.78, 5) is 55.0. The molecule has 1 aromatic rings. The molecule has 4 aliphatic heterocycles. The zero-order valence-electron chi connectivity index (χ0n) is 36.2. The molecule has 4 heterocycles. The Kier molecular flexibility index (Phi) is 15.8. The van der Waals surface area contributed by atoms with Gasteiger partial charge in [-0.05, 0) is 72.5 Å². The Morgan fingerprint density at radius 2 is 1.73 bits per heavy atom. The summed E-state index contributed by atoms with van der Waals surface area (Å²) in [6.45, 7) is 13.4. The number of carbonyl (C=O) groups excluding carboxylic acids is 3. The lowest BCUT2D eigenvalue weighted by molar-refractivity contribution is -0.296. The highest BCUT2D eigenvalue weighted by Gasteiger charge is 2.53. The number of aliphatic hydroxyl groups excluding tert-OH is 1. The predicted molar refractivity (Wildman–Crippen MR) is 220 cm³/mol. The first-order valence-corrected chi connectivity index (χ1v) is 20.9. The minimum Gasteiger partial charge on any atom is -0.459 e. The molecule has 1 amide bonds. The number of rotatable bonds is 9. The van der Waals surface area contributed by atoms with Gasteiger partial charge in [0.2, 0.25) is 6.10 Å². The lowest BCUT2D eigenvalue weighted by Gasteiger charge is -2.47. The molecule has 328 valence electrons. The highest BCUT2D eigenvalue weighted by Crippen LogP contribution is 2.40. The van der Waals surface area contributed by atoms with E-state index in [9.17, 15) is 24.6 Å². The van der Waals surface area contributed by atoms with Crippen molar-refractivity contribution >= 4 is 35.2 Å². The van der Waals surface area contributed by atoms with Gasteiger partial charge in [0.15, 0.2) is 12.1 Å². The van der Waals surface area contributed by atoms with Crippen LogP contribution in [0.4, 0.5) is 0 Å². The lowest BCUT2D eigenvalue weighted by Crippen LogP contribution is -2.60. The summed E-state index contributed by atoms with van der Waals surface area (Å²) in [7, 11) is 3.74. The molecule has 0 spiro atoms. The third kappa shape index (κ3) is 10.9. The molecule has 0 aromatic heterocycles. The number of ether oxygens (including phenoxy) is 6. The molecule has 14 atom stereocenters. The van der Waals surface area contributed by atoms with Crippen LogP contribution in [0.15, 0.2) is 46.6 Å². The molecule has 59 heavy (non-hydrogen) atoms. The van der Waals surface area contributed by atoms with Gasteiger partial charge in [0.25, 0.3) is 5.91 Å². The molecule has 3 fully saturated rings. The maximum Gasteiger partial charge on any atom is 0.316 e. The molecular formula is C44H65N3O12. The summed E-state index contributed by atoms with van der Waals surface area (Å²) >= 11 is 0. The average molecular weight is 828 g/mol. The maximum absolute atomic E-state index is 14.4. The van der Waals surface area contributed by atoms with Gasteiger partial charge in [-0.25, -0.2) is 4.99 Å². The van der Waals surface area contributed by atoms with E-state index in [4.69, 9.17) is 38.3 Å². The average Bonchev–Trinajstić information content (AvgIpc) is 3.22. The monoisotopic (exact) mass is 827 g/mol. The zero-order valence-corrected chi connectivity index (χ0v) is 36.2. The highest BCUT2D eigenvalue weighted by molar-refractivity contribution is 6.01. The van der Waals surface area contributed by atoms with E-state index in [1.54, 1.807) is 20.8 Å². The quantitative estimate of drug-likeness (QED) is 0.207. The van der Waals surface area contributed by atoms with Crippen LogP contribution in [0.1, 0.15) is 80.2 Å². The molecule has 0 aliphatic carbocycles. The molecule has 5 rings (SSSR count). The van der Waals surface area contributed by atoms with E-state index in [2.05, 4.69) is 5.16 Å². The van der Waals surface area contributed by atoms with E-state index >= 15 is 0 Å². The van der Waals surface area contributed by atoms with Gasteiger partial charge in [0.05, 0.1) is 50.3 Å². The number of likely N-dealkylation sites (N-methyl/N-ethyl adjacent to an activating group) is 1. The topological polar surface area (TPSA) is 184 Å². The number of aliphatic imine (C=N–C) groups is 1. The maximum atomic E-state index is 14.4. The summed E-state index contributed by atoms with van der Waals surface area (Å²) in [6.07, 6.45) is -2.49. The molecular weight excluding hydrogens is 762 g/mol. The number of hydrogen-bond acceptors (Lipinski definition) is 14. The van der Waals surface area contributed by atoms with Gasteiger partial charge in [0, 0.05) is 23.6 Å². The van der Waals surface area contributed by atoms with E-state index in [1.807, 2.05) is 82.3 Å². The van der Waals surface area contributed by atoms with Crippen molar-refractivity contribution in [3.63, 3.8) is 0 Å². The van der Waals surface area contributed by atoms with Gasteiger partial charge in [0.1, 0.15) is 29.4 Å². The van der Waals surface area contributed by atoms with E-state index in [0.717, 1.165) is 5.56 Å². The molecule has 1 unspecified atom stereocenters. The van der Waals surface area contributed by atoms with E-state index in [-0.39, 0.29) is 57.1 Å². The zero-order chi connectivity index (χ0) is 43.2. The number of aliphatic hydroxyl groups is 2. The van der Waals surface area contributed by atoms with Crippen molar-refractivity contribution in [3.8, 4) is 0 Å². The predicted octanol–water partition coefficient (Wildman–Crippen LogP) is 4.01. The van der Waals surface area contributed by atoms with Crippen LogP contribution in [0.5, 0.6) is 0 Å². The van der Waals surface area contributed by atoms with Crippen molar-refractivity contribution in [2.24, 2.45) is 33.8 Å². The number of hydrogen-bond donors (Lipinski definition) is 2. The molecule has 1 aromatic carbocycles. The van der Waals surface area contributed by atoms with E-state index in [0.29, 0.717) is 12.1 Å². The molecule has 3 saturated heterocycles. The summed E-state index contributed by atoms with van der Waals surface area (Å²) in [6, 6.07) is 9.42. The molecule has 15 nitrogen and oxygen atoms in total. The van der Waals surface area contributed by atoms with Crippen LogP contribution >= 0.6 is 0 Å². The molecule has 2 N–H and O–H groups in total. The molecule has 4 bridgehead atoms.